The lowest BCUT2D eigenvalue weighted by Gasteiger charge is -2.09. The van der Waals surface area contributed by atoms with E-state index in [4.69, 9.17) is 0 Å². The summed E-state index contributed by atoms with van der Waals surface area (Å²) in [5, 5.41) is 9.22. The molecular weight excluding hydrogens is 284 g/mol. The van der Waals surface area contributed by atoms with Crippen LogP contribution in [0.1, 0.15) is 27.9 Å². The molecule has 0 saturated carbocycles. The van der Waals surface area contributed by atoms with E-state index in [2.05, 4.69) is 10.6 Å². The number of thiophene rings is 1. The molecule has 5 heteroatoms. The highest BCUT2D eigenvalue weighted by Crippen LogP contribution is 2.16. The lowest BCUT2D eigenvalue weighted by atomic mass is 10.1. The highest BCUT2D eigenvalue weighted by atomic mass is 32.1. The van der Waals surface area contributed by atoms with Crippen molar-refractivity contribution in [1.29, 1.82) is 0 Å². The number of carbonyl (C=O) groups is 2. The van der Waals surface area contributed by atoms with Crippen molar-refractivity contribution in [2.45, 2.75) is 20.3 Å². The third-order valence-electron chi connectivity index (χ3n) is 3.08. The number of benzene rings is 1. The second-order valence-electron chi connectivity index (χ2n) is 4.88. The van der Waals surface area contributed by atoms with Crippen LogP contribution in [-0.2, 0) is 4.79 Å². The van der Waals surface area contributed by atoms with Gasteiger partial charge in [0.1, 0.15) is 0 Å². The molecular formula is C16H18N2O2S. The van der Waals surface area contributed by atoms with E-state index >= 15 is 0 Å². The third-order valence-corrected chi connectivity index (χ3v) is 3.76. The SMILES string of the molecule is Cc1ccc(NC(=O)CCNC(=O)c2ccsc2)c(C)c1. The summed E-state index contributed by atoms with van der Waals surface area (Å²) in [4.78, 5) is 23.6. The van der Waals surface area contributed by atoms with Gasteiger partial charge in [-0.2, -0.15) is 11.3 Å². The molecule has 1 aromatic heterocycles. The Kier molecular flexibility index (Phi) is 5.11. The van der Waals surface area contributed by atoms with Crippen molar-refractivity contribution < 1.29 is 9.59 Å². The molecule has 0 saturated heterocycles. The molecule has 4 nitrogen and oxygen atoms in total. The van der Waals surface area contributed by atoms with Crippen LogP contribution >= 0.6 is 11.3 Å². The largest absolute Gasteiger partial charge is 0.351 e. The molecule has 0 aliphatic carbocycles. The lowest BCUT2D eigenvalue weighted by Crippen LogP contribution is -2.27. The second kappa shape index (κ2) is 7.04. The van der Waals surface area contributed by atoms with Crippen molar-refractivity contribution in [2.24, 2.45) is 0 Å². The number of nitrogens with one attached hydrogen (secondary N) is 2. The first kappa shape index (κ1) is 15.3. The van der Waals surface area contributed by atoms with E-state index in [1.165, 1.54) is 11.3 Å². The Bertz CT molecular complexity index is 636. The van der Waals surface area contributed by atoms with Crippen LogP contribution in [0.5, 0.6) is 0 Å². The van der Waals surface area contributed by atoms with Crippen LogP contribution in [0.4, 0.5) is 5.69 Å². The lowest BCUT2D eigenvalue weighted by molar-refractivity contribution is -0.116. The van der Waals surface area contributed by atoms with Gasteiger partial charge in [0.25, 0.3) is 5.91 Å². The van der Waals surface area contributed by atoms with Crippen molar-refractivity contribution in [1.82, 2.24) is 5.32 Å². The van der Waals surface area contributed by atoms with Gasteiger partial charge in [0.15, 0.2) is 0 Å². The van der Waals surface area contributed by atoms with Crippen LogP contribution in [0.2, 0.25) is 0 Å². The Morgan fingerprint density at radius 1 is 1.19 bits per heavy atom. The van der Waals surface area contributed by atoms with Gasteiger partial charge in [-0.15, -0.1) is 0 Å². The zero-order chi connectivity index (χ0) is 15.2. The number of anilines is 1. The fraction of sp³-hybridized carbons (Fsp3) is 0.250. The van der Waals surface area contributed by atoms with Gasteiger partial charge in [0.05, 0.1) is 0 Å². The zero-order valence-corrected chi connectivity index (χ0v) is 12.9. The molecule has 2 N–H and O–H groups in total. The van der Waals surface area contributed by atoms with E-state index in [0.717, 1.165) is 16.8 Å². The van der Waals surface area contributed by atoms with Crippen molar-refractivity contribution in [3.05, 3.63) is 51.7 Å². The molecule has 0 bridgehead atoms. The predicted octanol–water partition coefficient (Wildman–Crippen LogP) is 3.12. The van der Waals surface area contributed by atoms with Gasteiger partial charge < -0.3 is 10.6 Å². The third kappa shape index (κ3) is 4.43. The molecule has 0 fully saturated rings. The summed E-state index contributed by atoms with van der Waals surface area (Å²) in [5.74, 6) is -0.247. The topological polar surface area (TPSA) is 58.2 Å². The summed E-state index contributed by atoms with van der Waals surface area (Å²) in [6.45, 7) is 4.30. The number of aryl methyl sites for hydroxylation is 2. The average molecular weight is 302 g/mol. The molecule has 1 heterocycles. The van der Waals surface area contributed by atoms with Gasteiger partial charge in [0.2, 0.25) is 5.91 Å². The average Bonchev–Trinajstić information content (AvgIpc) is 2.96. The molecule has 0 unspecified atom stereocenters. The minimum atomic E-state index is -0.143. The molecule has 21 heavy (non-hydrogen) atoms. The molecule has 2 rings (SSSR count). The first-order valence-electron chi connectivity index (χ1n) is 6.74. The summed E-state index contributed by atoms with van der Waals surface area (Å²) in [6, 6.07) is 7.64. The van der Waals surface area contributed by atoms with Crippen LogP contribution in [-0.4, -0.2) is 18.4 Å². The van der Waals surface area contributed by atoms with Crippen LogP contribution in [0.3, 0.4) is 0 Å². The standard InChI is InChI=1S/C16H18N2O2S/c1-11-3-4-14(12(2)9-11)18-15(19)5-7-17-16(20)13-6-8-21-10-13/h3-4,6,8-10H,5,7H2,1-2H3,(H,17,20)(H,18,19). The smallest absolute Gasteiger partial charge is 0.252 e. The quantitative estimate of drug-likeness (QED) is 0.891. The van der Waals surface area contributed by atoms with Crippen molar-refractivity contribution in [2.75, 3.05) is 11.9 Å². The minimum absolute atomic E-state index is 0.104. The number of carbonyl (C=O) groups excluding carboxylic acids is 2. The number of rotatable bonds is 5. The molecule has 0 aliphatic rings. The maximum atomic E-state index is 11.9. The van der Waals surface area contributed by atoms with Gasteiger partial charge in [-0.25, -0.2) is 0 Å². The maximum Gasteiger partial charge on any atom is 0.252 e. The normalized spacial score (nSPS) is 10.2. The van der Waals surface area contributed by atoms with E-state index in [-0.39, 0.29) is 18.2 Å². The first-order chi connectivity index (χ1) is 10.1. The van der Waals surface area contributed by atoms with Gasteiger partial charge in [0, 0.05) is 29.6 Å². The highest BCUT2D eigenvalue weighted by Gasteiger charge is 2.08. The molecule has 0 aliphatic heterocycles. The fourth-order valence-electron chi connectivity index (χ4n) is 1.95. The summed E-state index contributed by atoms with van der Waals surface area (Å²) in [6.07, 6.45) is 0.253. The summed E-state index contributed by atoms with van der Waals surface area (Å²) in [7, 11) is 0. The Morgan fingerprint density at radius 3 is 2.67 bits per heavy atom. The minimum Gasteiger partial charge on any atom is -0.351 e. The van der Waals surface area contributed by atoms with E-state index in [9.17, 15) is 9.59 Å². The van der Waals surface area contributed by atoms with E-state index in [1.54, 1.807) is 11.4 Å². The molecule has 2 aromatic rings. The Balaban J connectivity index is 1.78. The molecule has 0 radical (unpaired) electrons. The van der Waals surface area contributed by atoms with E-state index in [1.807, 2.05) is 37.4 Å². The first-order valence-corrected chi connectivity index (χ1v) is 7.68. The van der Waals surface area contributed by atoms with Gasteiger partial charge in [-0.05, 0) is 36.9 Å². The number of hydrogen-bond acceptors (Lipinski definition) is 3. The van der Waals surface area contributed by atoms with Crippen molar-refractivity contribution in [3.8, 4) is 0 Å². The molecule has 110 valence electrons. The number of hydrogen-bond donors (Lipinski definition) is 2. The Morgan fingerprint density at radius 2 is 2.00 bits per heavy atom. The fourth-order valence-corrected chi connectivity index (χ4v) is 2.59. The molecule has 0 atom stereocenters. The maximum absolute atomic E-state index is 11.9. The molecule has 0 spiro atoms. The highest BCUT2D eigenvalue weighted by molar-refractivity contribution is 7.08. The van der Waals surface area contributed by atoms with Crippen LogP contribution in [0.15, 0.2) is 35.0 Å². The summed E-state index contributed by atoms with van der Waals surface area (Å²) < 4.78 is 0. The van der Waals surface area contributed by atoms with Crippen LogP contribution in [0.25, 0.3) is 0 Å². The van der Waals surface area contributed by atoms with E-state index < -0.39 is 0 Å². The van der Waals surface area contributed by atoms with Gasteiger partial charge in [-0.3, -0.25) is 9.59 Å². The molecule has 2 amide bonds. The van der Waals surface area contributed by atoms with Crippen LogP contribution < -0.4 is 10.6 Å². The monoisotopic (exact) mass is 302 g/mol. The zero-order valence-electron chi connectivity index (χ0n) is 12.1. The Labute approximate surface area is 128 Å². The second-order valence-corrected chi connectivity index (χ2v) is 5.66. The number of amides is 2. The summed E-state index contributed by atoms with van der Waals surface area (Å²) in [5.41, 5.74) is 3.64. The predicted molar refractivity (Wildman–Crippen MR) is 85.8 cm³/mol. The van der Waals surface area contributed by atoms with Gasteiger partial charge >= 0.3 is 0 Å². The van der Waals surface area contributed by atoms with Crippen molar-refractivity contribution >= 4 is 28.8 Å². The summed E-state index contributed by atoms with van der Waals surface area (Å²) >= 11 is 1.47. The van der Waals surface area contributed by atoms with Crippen molar-refractivity contribution in [3.63, 3.8) is 0 Å². The Hall–Kier alpha value is -2.14. The van der Waals surface area contributed by atoms with Crippen LogP contribution in [0, 0.1) is 13.8 Å². The van der Waals surface area contributed by atoms with Gasteiger partial charge in [-0.1, -0.05) is 17.7 Å². The molecule has 1 aromatic carbocycles. The van der Waals surface area contributed by atoms with E-state index in [0.29, 0.717) is 12.1 Å².